The van der Waals surface area contributed by atoms with Crippen molar-refractivity contribution in [3.05, 3.63) is 52.0 Å². The molecule has 1 amide bonds. The third-order valence-electron chi connectivity index (χ3n) is 6.63. The molecule has 1 aromatic rings. The van der Waals surface area contributed by atoms with Crippen molar-refractivity contribution < 1.29 is 14.6 Å². The Kier molecular flexibility index (Phi) is 6.85. The van der Waals surface area contributed by atoms with Crippen molar-refractivity contribution in [3.63, 3.8) is 0 Å². The zero-order valence-electron chi connectivity index (χ0n) is 19.6. The highest BCUT2D eigenvalue weighted by Crippen LogP contribution is 2.33. The fraction of sp³-hybridized carbons (Fsp3) is 0.478. The molecule has 0 aromatic carbocycles. The Bertz CT molecular complexity index is 1120. The summed E-state index contributed by atoms with van der Waals surface area (Å²) in [5.41, 5.74) is 0.475. The first-order valence-corrected chi connectivity index (χ1v) is 11.3. The van der Waals surface area contributed by atoms with Crippen LogP contribution in [0.1, 0.15) is 38.6 Å². The first kappa shape index (κ1) is 23.7. The van der Waals surface area contributed by atoms with Crippen LogP contribution in [0, 0.1) is 0 Å². The number of anilines is 1. The average molecular weight is 470 g/mol. The summed E-state index contributed by atoms with van der Waals surface area (Å²) in [7, 11) is 3.36. The maximum absolute atomic E-state index is 13.1. The van der Waals surface area contributed by atoms with Gasteiger partial charge in [0.05, 0.1) is 29.9 Å². The van der Waals surface area contributed by atoms with Gasteiger partial charge in [0.15, 0.2) is 5.82 Å². The number of rotatable bonds is 7. The van der Waals surface area contributed by atoms with E-state index in [0.717, 1.165) is 19.3 Å². The standard InChI is InChI=1S/C23H31N7O4/c1-13(22(32)27-14-7-9-17(14)31)21-28-19(12-20(24-2)30(21)25-3)26-15-6-5-11-29(23(15)33)16-8-10-18(16)34-4/h5-6,11-12,14,16-18,24,31H,3,7-10H2,1-2,4H3,(H,26,28)(H,27,32)/b21-13+/t14?,16-,17?,18-/m1/s1. The van der Waals surface area contributed by atoms with Crippen molar-refractivity contribution in [1.29, 1.82) is 0 Å². The average Bonchev–Trinajstić information content (AvgIpc) is 2.82. The van der Waals surface area contributed by atoms with E-state index in [4.69, 9.17) is 4.74 Å². The number of pyridine rings is 1. The molecule has 0 bridgehead atoms. The lowest BCUT2D eigenvalue weighted by molar-refractivity contribution is -0.120. The van der Waals surface area contributed by atoms with Crippen LogP contribution in [0.25, 0.3) is 0 Å². The largest absolute Gasteiger partial charge is 0.391 e. The fourth-order valence-corrected chi connectivity index (χ4v) is 4.20. The van der Waals surface area contributed by atoms with E-state index in [-0.39, 0.29) is 35.5 Å². The number of amidine groups is 1. The monoisotopic (exact) mass is 469 g/mol. The number of amides is 1. The van der Waals surface area contributed by atoms with E-state index in [1.807, 2.05) is 0 Å². The molecule has 0 spiro atoms. The van der Waals surface area contributed by atoms with E-state index in [9.17, 15) is 14.7 Å². The number of aliphatic hydroxyl groups is 1. The number of nitrogens with zero attached hydrogens (tertiary/aromatic N) is 4. The predicted molar refractivity (Wildman–Crippen MR) is 129 cm³/mol. The molecule has 4 rings (SSSR count). The molecule has 0 radical (unpaired) electrons. The van der Waals surface area contributed by atoms with Crippen molar-refractivity contribution in [3.8, 4) is 0 Å². The third kappa shape index (κ3) is 4.36. The van der Waals surface area contributed by atoms with Gasteiger partial charge in [-0.1, -0.05) is 0 Å². The zero-order chi connectivity index (χ0) is 24.4. The van der Waals surface area contributed by atoms with E-state index in [0.29, 0.717) is 29.3 Å². The van der Waals surface area contributed by atoms with E-state index >= 15 is 0 Å². The normalized spacial score (nSPS) is 27.5. The zero-order valence-corrected chi connectivity index (χ0v) is 19.6. The van der Waals surface area contributed by atoms with Crippen LogP contribution in [0.5, 0.6) is 0 Å². The topological polar surface area (TPSA) is 133 Å². The minimum absolute atomic E-state index is 0.000308. The molecule has 1 aromatic heterocycles. The van der Waals surface area contributed by atoms with Crippen molar-refractivity contribution >= 4 is 24.1 Å². The van der Waals surface area contributed by atoms with Gasteiger partial charge in [-0.2, -0.15) is 10.1 Å². The molecule has 4 atom stereocenters. The number of carbonyl (C=O) groups excluding carboxylic acids is 1. The number of aliphatic imine (C=N–C) groups is 1. The summed E-state index contributed by atoms with van der Waals surface area (Å²) in [5.74, 6) is 0.783. The maximum Gasteiger partial charge on any atom is 0.274 e. The third-order valence-corrected chi connectivity index (χ3v) is 6.63. The van der Waals surface area contributed by atoms with Gasteiger partial charge < -0.3 is 30.4 Å². The number of aliphatic hydroxyl groups excluding tert-OH is 1. The Morgan fingerprint density at radius 1 is 1.32 bits per heavy atom. The van der Waals surface area contributed by atoms with Gasteiger partial charge in [0, 0.05) is 33.1 Å². The molecular formula is C23H31N7O4. The molecule has 182 valence electrons. The highest BCUT2D eigenvalue weighted by atomic mass is 16.5. The van der Waals surface area contributed by atoms with Crippen molar-refractivity contribution in [2.75, 3.05) is 19.5 Å². The lowest BCUT2D eigenvalue weighted by Crippen LogP contribution is -2.50. The Labute approximate surface area is 197 Å². The van der Waals surface area contributed by atoms with Crippen molar-refractivity contribution in [2.45, 2.75) is 56.9 Å². The first-order valence-electron chi connectivity index (χ1n) is 11.3. The number of hydrazone groups is 1. The number of methoxy groups -OCH3 is 1. The summed E-state index contributed by atoms with van der Waals surface area (Å²) in [4.78, 5) is 30.5. The van der Waals surface area contributed by atoms with Crippen LogP contribution in [-0.2, 0) is 9.53 Å². The van der Waals surface area contributed by atoms with Gasteiger partial charge in [0.1, 0.15) is 17.3 Å². The molecule has 2 unspecified atom stereocenters. The molecule has 2 saturated carbocycles. The quantitative estimate of drug-likeness (QED) is 0.344. The van der Waals surface area contributed by atoms with Crippen LogP contribution in [0.3, 0.4) is 0 Å². The number of ether oxygens (including phenoxy) is 1. The second kappa shape index (κ2) is 9.82. The van der Waals surface area contributed by atoms with Crippen LogP contribution in [-0.4, -0.2) is 65.6 Å². The van der Waals surface area contributed by atoms with E-state index in [1.54, 1.807) is 50.1 Å². The number of hydrogen-bond donors (Lipinski definition) is 4. The lowest BCUT2D eigenvalue weighted by atomic mass is 9.88. The summed E-state index contributed by atoms with van der Waals surface area (Å²) >= 11 is 0. The molecule has 4 N–H and O–H groups in total. The van der Waals surface area contributed by atoms with Gasteiger partial charge in [0.2, 0.25) is 0 Å². The van der Waals surface area contributed by atoms with E-state index in [2.05, 4.69) is 32.8 Å². The highest BCUT2D eigenvalue weighted by molar-refractivity contribution is 6.06. The van der Waals surface area contributed by atoms with Crippen LogP contribution in [0.2, 0.25) is 0 Å². The molecule has 3 aliphatic rings. The number of hydrogen-bond acceptors (Lipinski definition) is 9. The Morgan fingerprint density at radius 2 is 2.12 bits per heavy atom. The molecule has 2 heterocycles. The van der Waals surface area contributed by atoms with Gasteiger partial charge >= 0.3 is 0 Å². The SMILES string of the molecule is C=NN1C(NC)=CC(Nc2cccn([C@@H]3CC[C@H]3OC)c2=O)=N/C1=C(/C)C(=O)NC1CCC1O. The summed E-state index contributed by atoms with van der Waals surface area (Å²) in [6, 6.07) is 3.22. The van der Waals surface area contributed by atoms with Crippen LogP contribution >= 0.6 is 0 Å². The Hall–Kier alpha value is -3.44. The van der Waals surface area contributed by atoms with Crippen LogP contribution in [0.4, 0.5) is 5.69 Å². The summed E-state index contributed by atoms with van der Waals surface area (Å²) < 4.78 is 7.14. The Morgan fingerprint density at radius 3 is 2.68 bits per heavy atom. The minimum atomic E-state index is -0.538. The second-order valence-corrected chi connectivity index (χ2v) is 8.58. The maximum atomic E-state index is 13.1. The van der Waals surface area contributed by atoms with Crippen molar-refractivity contribution in [2.24, 2.45) is 10.1 Å². The number of nitrogens with one attached hydrogen (secondary N) is 3. The van der Waals surface area contributed by atoms with Gasteiger partial charge in [-0.25, -0.2) is 4.99 Å². The smallest absolute Gasteiger partial charge is 0.274 e. The number of carbonyl (C=O) groups is 1. The molecular weight excluding hydrogens is 438 g/mol. The summed E-state index contributed by atoms with van der Waals surface area (Å²) in [6.07, 6.45) is 6.11. The van der Waals surface area contributed by atoms with Crippen LogP contribution in [0.15, 0.2) is 56.5 Å². The molecule has 34 heavy (non-hydrogen) atoms. The van der Waals surface area contributed by atoms with E-state index < -0.39 is 6.10 Å². The molecule has 0 saturated heterocycles. The molecule has 2 aliphatic carbocycles. The van der Waals surface area contributed by atoms with Crippen molar-refractivity contribution in [1.82, 2.24) is 20.2 Å². The Balaban J connectivity index is 1.64. The number of aromatic nitrogens is 1. The highest BCUT2D eigenvalue weighted by Gasteiger charge is 2.34. The lowest BCUT2D eigenvalue weighted by Gasteiger charge is -2.36. The predicted octanol–water partition coefficient (Wildman–Crippen LogP) is 0.872. The molecule has 1 aliphatic heterocycles. The summed E-state index contributed by atoms with van der Waals surface area (Å²) in [6.45, 7) is 5.22. The minimum Gasteiger partial charge on any atom is -0.391 e. The van der Waals surface area contributed by atoms with Gasteiger partial charge in [-0.15, -0.1) is 0 Å². The summed E-state index contributed by atoms with van der Waals surface area (Å²) in [5, 5.41) is 24.2. The fourth-order valence-electron chi connectivity index (χ4n) is 4.20. The van der Waals surface area contributed by atoms with Gasteiger partial charge in [-0.3, -0.25) is 9.59 Å². The molecule has 11 nitrogen and oxygen atoms in total. The van der Waals surface area contributed by atoms with Gasteiger partial charge in [-0.05, 0) is 44.7 Å². The second-order valence-electron chi connectivity index (χ2n) is 8.58. The molecule has 11 heteroatoms. The van der Waals surface area contributed by atoms with Gasteiger partial charge in [0.25, 0.3) is 11.5 Å². The van der Waals surface area contributed by atoms with Crippen LogP contribution < -0.4 is 21.5 Å². The molecule has 2 fully saturated rings. The van der Waals surface area contributed by atoms with E-state index in [1.165, 1.54) is 5.01 Å². The first-order chi connectivity index (χ1) is 16.4.